The molecule has 20 heavy (non-hydrogen) atoms. The first kappa shape index (κ1) is 17.2. The topological polar surface area (TPSA) is 50.7 Å². The number of hydrogen-bond donors (Lipinski definition) is 2. The number of rotatable bonds is 10. The van der Waals surface area contributed by atoms with E-state index < -0.39 is 6.10 Å². The Kier molecular flexibility index (Phi) is 8.62. The molecule has 4 nitrogen and oxygen atoms in total. The molecule has 0 radical (unpaired) electrons. The van der Waals surface area contributed by atoms with Gasteiger partial charge in [-0.25, -0.2) is 0 Å². The van der Waals surface area contributed by atoms with Crippen molar-refractivity contribution < 1.29 is 14.6 Å². The van der Waals surface area contributed by atoms with Crippen LogP contribution in [-0.2, 0) is 11.3 Å². The highest BCUT2D eigenvalue weighted by molar-refractivity contribution is 6.32. The molecule has 0 aliphatic carbocycles. The SMILES string of the molecule is CCCCOCC(O)COc1c(Cl)cccc1CNC. The summed E-state index contributed by atoms with van der Waals surface area (Å²) in [6, 6.07) is 5.61. The van der Waals surface area contributed by atoms with Gasteiger partial charge in [0.1, 0.15) is 18.5 Å². The van der Waals surface area contributed by atoms with Crippen LogP contribution in [0.15, 0.2) is 18.2 Å². The fourth-order valence-electron chi connectivity index (χ4n) is 1.74. The van der Waals surface area contributed by atoms with Gasteiger partial charge in [0.25, 0.3) is 0 Å². The standard InChI is InChI=1S/C15H24ClNO3/c1-3-4-8-19-10-13(18)11-20-15-12(9-17-2)6-5-7-14(15)16/h5-7,13,17-18H,3-4,8-11H2,1-2H3. The summed E-state index contributed by atoms with van der Waals surface area (Å²) in [5, 5.41) is 13.4. The van der Waals surface area contributed by atoms with E-state index in [2.05, 4.69) is 12.2 Å². The summed E-state index contributed by atoms with van der Waals surface area (Å²) >= 11 is 6.13. The highest BCUT2D eigenvalue weighted by Gasteiger charge is 2.11. The van der Waals surface area contributed by atoms with Gasteiger partial charge in [-0.1, -0.05) is 37.1 Å². The molecule has 0 spiro atoms. The second-order valence-corrected chi connectivity index (χ2v) is 5.06. The van der Waals surface area contributed by atoms with Crippen LogP contribution in [0.1, 0.15) is 25.3 Å². The molecule has 1 aromatic carbocycles. The number of aliphatic hydroxyl groups excluding tert-OH is 1. The molecule has 0 aliphatic heterocycles. The lowest BCUT2D eigenvalue weighted by Crippen LogP contribution is -2.24. The van der Waals surface area contributed by atoms with Crippen molar-refractivity contribution in [1.29, 1.82) is 0 Å². The number of nitrogens with one attached hydrogen (secondary N) is 1. The number of para-hydroxylation sites is 1. The van der Waals surface area contributed by atoms with E-state index in [1.807, 2.05) is 19.2 Å². The Morgan fingerprint density at radius 3 is 2.85 bits per heavy atom. The van der Waals surface area contributed by atoms with Crippen LogP contribution < -0.4 is 10.1 Å². The Morgan fingerprint density at radius 2 is 2.15 bits per heavy atom. The second kappa shape index (κ2) is 10.00. The van der Waals surface area contributed by atoms with Crippen LogP contribution >= 0.6 is 11.6 Å². The van der Waals surface area contributed by atoms with Gasteiger partial charge in [0.2, 0.25) is 0 Å². The van der Waals surface area contributed by atoms with E-state index in [1.54, 1.807) is 6.07 Å². The van der Waals surface area contributed by atoms with Crippen molar-refractivity contribution in [2.24, 2.45) is 0 Å². The van der Waals surface area contributed by atoms with Crippen molar-refractivity contribution in [1.82, 2.24) is 5.32 Å². The van der Waals surface area contributed by atoms with Gasteiger partial charge in [0, 0.05) is 18.7 Å². The predicted molar refractivity (Wildman–Crippen MR) is 81.4 cm³/mol. The normalized spacial score (nSPS) is 12.4. The molecule has 0 aromatic heterocycles. The number of unbranched alkanes of at least 4 members (excludes halogenated alkanes) is 1. The maximum Gasteiger partial charge on any atom is 0.142 e. The van der Waals surface area contributed by atoms with Gasteiger partial charge < -0.3 is 19.9 Å². The molecule has 1 aromatic rings. The summed E-state index contributed by atoms with van der Waals surface area (Å²) in [6.07, 6.45) is 1.44. The van der Waals surface area contributed by atoms with Crippen molar-refractivity contribution >= 4 is 11.6 Å². The lowest BCUT2D eigenvalue weighted by atomic mass is 10.2. The molecule has 0 saturated heterocycles. The molecule has 1 rings (SSSR count). The Morgan fingerprint density at radius 1 is 1.35 bits per heavy atom. The van der Waals surface area contributed by atoms with Crippen LogP contribution in [0, 0.1) is 0 Å². The smallest absolute Gasteiger partial charge is 0.142 e. The van der Waals surface area contributed by atoms with E-state index in [0.717, 1.165) is 18.4 Å². The van der Waals surface area contributed by atoms with E-state index in [4.69, 9.17) is 21.1 Å². The van der Waals surface area contributed by atoms with Crippen LogP contribution in [-0.4, -0.2) is 38.1 Å². The van der Waals surface area contributed by atoms with Crippen LogP contribution in [0.2, 0.25) is 5.02 Å². The van der Waals surface area contributed by atoms with Gasteiger partial charge >= 0.3 is 0 Å². The monoisotopic (exact) mass is 301 g/mol. The fourth-order valence-corrected chi connectivity index (χ4v) is 1.99. The first-order chi connectivity index (χ1) is 9.69. The van der Waals surface area contributed by atoms with E-state index in [-0.39, 0.29) is 13.2 Å². The van der Waals surface area contributed by atoms with Crippen molar-refractivity contribution in [3.8, 4) is 5.75 Å². The zero-order valence-corrected chi connectivity index (χ0v) is 12.9. The molecule has 2 N–H and O–H groups in total. The first-order valence-electron chi connectivity index (χ1n) is 6.99. The van der Waals surface area contributed by atoms with Gasteiger partial charge in [0.05, 0.1) is 11.6 Å². The maximum atomic E-state index is 9.81. The van der Waals surface area contributed by atoms with Crippen molar-refractivity contribution in [3.63, 3.8) is 0 Å². The first-order valence-corrected chi connectivity index (χ1v) is 7.37. The van der Waals surface area contributed by atoms with E-state index in [0.29, 0.717) is 23.9 Å². The molecule has 0 bridgehead atoms. The molecule has 0 heterocycles. The van der Waals surface area contributed by atoms with E-state index in [9.17, 15) is 5.11 Å². The number of benzene rings is 1. The zero-order valence-electron chi connectivity index (χ0n) is 12.2. The van der Waals surface area contributed by atoms with Gasteiger partial charge in [-0.15, -0.1) is 0 Å². The molecule has 5 heteroatoms. The molecule has 0 saturated carbocycles. The fraction of sp³-hybridized carbons (Fsp3) is 0.600. The minimum absolute atomic E-state index is 0.173. The maximum absolute atomic E-state index is 9.81. The van der Waals surface area contributed by atoms with Crippen molar-refractivity contribution in [2.45, 2.75) is 32.4 Å². The summed E-state index contributed by atoms with van der Waals surface area (Å²) in [5.74, 6) is 0.621. The molecule has 114 valence electrons. The molecule has 0 aliphatic rings. The summed E-state index contributed by atoms with van der Waals surface area (Å²) in [5.41, 5.74) is 0.971. The number of hydrogen-bond acceptors (Lipinski definition) is 4. The van der Waals surface area contributed by atoms with E-state index in [1.165, 1.54) is 0 Å². The van der Waals surface area contributed by atoms with Gasteiger partial charge in [0.15, 0.2) is 0 Å². The Labute approximate surface area is 126 Å². The molecule has 1 unspecified atom stereocenters. The molecular formula is C15H24ClNO3. The lowest BCUT2D eigenvalue weighted by molar-refractivity contribution is 0.0111. The molecule has 1 atom stereocenters. The third-order valence-corrected chi connectivity index (χ3v) is 3.09. The average molecular weight is 302 g/mol. The minimum atomic E-state index is -0.648. The Bertz CT molecular complexity index is 387. The van der Waals surface area contributed by atoms with Crippen LogP contribution in [0.25, 0.3) is 0 Å². The highest BCUT2D eigenvalue weighted by atomic mass is 35.5. The van der Waals surface area contributed by atoms with Crippen molar-refractivity contribution in [3.05, 3.63) is 28.8 Å². The third-order valence-electron chi connectivity index (χ3n) is 2.79. The lowest BCUT2D eigenvalue weighted by Gasteiger charge is -2.16. The predicted octanol–water partition coefficient (Wildman–Crippen LogP) is 2.62. The molecular weight excluding hydrogens is 278 g/mol. The van der Waals surface area contributed by atoms with Crippen LogP contribution in [0.4, 0.5) is 0 Å². The summed E-state index contributed by atoms with van der Waals surface area (Å²) in [4.78, 5) is 0. The third kappa shape index (κ3) is 6.09. The summed E-state index contributed by atoms with van der Waals surface area (Å²) in [7, 11) is 1.86. The number of aliphatic hydroxyl groups is 1. The quantitative estimate of drug-likeness (QED) is 0.652. The van der Waals surface area contributed by atoms with Gasteiger partial charge in [-0.05, 0) is 19.5 Å². The van der Waals surface area contributed by atoms with E-state index >= 15 is 0 Å². The Hall–Kier alpha value is -0.810. The van der Waals surface area contributed by atoms with Crippen LogP contribution in [0.5, 0.6) is 5.75 Å². The van der Waals surface area contributed by atoms with Gasteiger partial charge in [-0.2, -0.15) is 0 Å². The van der Waals surface area contributed by atoms with Crippen LogP contribution in [0.3, 0.4) is 0 Å². The van der Waals surface area contributed by atoms with Crippen molar-refractivity contribution in [2.75, 3.05) is 26.9 Å². The Balaban J connectivity index is 2.44. The zero-order chi connectivity index (χ0) is 14.8. The van der Waals surface area contributed by atoms with Gasteiger partial charge in [-0.3, -0.25) is 0 Å². The summed E-state index contributed by atoms with van der Waals surface area (Å²) < 4.78 is 11.0. The molecule has 0 amide bonds. The largest absolute Gasteiger partial charge is 0.489 e. The highest BCUT2D eigenvalue weighted by Crippen LogP contribution is 2.28. The second-order valence-electron chi connectivity index (χ2n) is 4.65. The average Bonchev–Trinajstić information content (AvgIpc) is 2.43. The minimum Gasteiger partial charge on any atom is -0.489 e. The number of halogens is 1. The number of ether oxygens (including phenoxy) is 2. The molecule has 0 fully saturated rings. The summed E-state index contributed by atoms with van der Waals surface area (Å²) in [6.45, 7) is 3.89.